The first-order chi connectivity index (χ1) is 9.30. The molecular weight excluding hydrogens is 371 g/mol. The Morgan fingerprint density at radius 3 is 2.25 bits per heavy atom. The van der Waals surface area contributed by atoms with Crippen molar-refractivity contribution in [2.45, 2.75) is 17.3 Å². The highest BCUT2D eigenvalue weighted by Crippen LogP contribution is 2.30. The van der Waals surface area contributed by atoms with E-state index in [0.29, 0.717) is 16.5 Å². The van der Waals surface area contributed by atoms with Crippen LogP contribution in [0.2, 0.25) is 0 Å². The van der Waals surface area contributed by atoms with Gasteiger partial charge in [-0.3, -0.25) is 4.79 Å². The van der Waals surface area contributed by atoms with Crippen LogP contribution in [0.25, 0.3) is 10.8 Å². The topological polar surface area (TPSA) is 63.6 Å². The van der Waals surface area contributed by atoms with Gasteiger partial charge in [-0.15, -0.1) is 0 Å². The van der Waals surface area contributed by atoms with Crippen molar-refractivity contribution in [1.82, 2.24) is 0 Å². The molecule has 0 saturated heterocycles. The Hall–Kier alpha value is -1.63. The summed E-state index contributed by atoms with van der Waals surface area (Å²) in [4.78, 5) is 23.1. The molecular formula is C15H13IO4. The van der Waals surface area contributed by atoms with Crippen molar-refractivity contribution in [1.29, 1.82) is 0 Å². The number of benzene rings is 2. The lowest BCUT2D eigenvalue weighted by molar-refractivity contribution is -0.135. The number of rotatable bonds is 3. The average molecular weight is 384 g/mol. The zero-order chi connectivity index (χ0) is 14.9. The number of alkyl halides is 1. The van der Waals surface area contributed by atoms with Gasteiger partial charge in [0.25, 0.3) is 0 Å². The van der Waals surface area contributed by atoms with Crippen LogP contribution in [0.1, 0.15) is 24.2 Å². The third-order valence-corrected chi connectivity index (χ3v) is 3.24. The molecule has 4 nitrogen and oxygen atoms in total. The normalized spacial score (nSPS) is 11.3. The summed E-state index contributed by atoms with van der Waals surface area (Å²) in [5.41, 5.74) is 0.189. The summed E-state index contributed by atoms with van der Waals surface area (Å²) in [6, 6.07) is 9.94. The standard InChI is InChI=1S/C15H13IO4/c1-15(2,16)14(19)20-12-8-7-11(13(17)18)9-5-3-4-6-10(9)12/h3-8H,1-2H3,(H,17,18). The molecule has 1 N–H and O–H groups in total. The molecule has 104 valence electrons. The predicted octanol–water partition coefficient (Wildman–Crippen LogP) is 3.66. The molecule has 0 unspecified atom stereocenters. The molecule has 0 heterocycles. The number of hydrogen-bond acceptors (Lipinski definition) is 3. The van der Waals surface area contributed by atoms with Crippen molar-refractivity contribution in [3.8, 4) is 5.75 Å². The Morgan fingerprint density at radius 1 is 1.10 bits per heavy atom. The van der Waals surface area contributed by atoms with Crippen LogP contribution in [-0.2, 0) is 4.79 Å². The summed E-state index contributed by atoms with van der Waals surface area (Å²) >= 11 is 2.00. The third kappa shape index (κ3) is 2.92. The Labute approximate surface area is 129 Å². The predicted molar refractivity (Wildman–Crippen MR) is 84.6 cm³/mol. The zero-order valence-corrected chi connectivity index (χ0v) is 13.2. The number of carbonyl (C=O) groups excluding carboxylic acids is 1. The van der Waals surface area contributed by atoms with Crippen LogP contribution < -0.4 is 4.74 Å². The van der Waals surface area contributed by atoms with Gasteiger partial charge in [0.2, 0.25) is 0 Å². The van der Waals surface area contributed by atoms with Gasteiger partial charge in [0.05, 0.1) is 5.56 Å². The highest BCUT2D eigenvalue weighted by Gasteiger charge is 2.26. The first kappa shape index (κ1) is 14.8. The molecule has 0 saturated carbocycles. The van der Waals surface area contributed by atoms with Gasteiger partial charge in [-0.25, -0.2) is 4.79 Å². The minimum atomic E-state index is -1.01. The highest BCUT2D eigenvalue weighted by molar-refractivity contribution is 14.1. The monoisotopic (exact) mass is 384 g/mol. The summed E-state index contributed by atoms with van der Waals surface area (Å²) < 4.78 is 4.74. The van der Waals surface area contributed by atoms with Crippen molar-refractivity contribution in [3.63, 3.8) is 0 Å². The van der Waals surface area contributed by atoms with Gasteiger partial charge in [0, 0.05) is 5.39 Å². The Morgan fingerprint density at radius 2 is 1.70 bits per heavy atom. The van der Waals surface area contributed by atoms with Gasteiger partial charge in [0.1, 0.15) is 9.17 Å². The molecule has 20 heavy (non-hydrogen) atoms. The SMILES string of the molecule is CC(C)(I)C(=O)Oc1ccc(C(=O)O)c2ccccc12. The maximum atomic E-state index is 12.0. The number of ether oxygens (including phenoxy) is 1. The lowest BCUT2D eigenvalue weighted by Crippen LogP contribution is -2.29. The molecule has 2 rings (SSSR count). The molecule has 5 heteroatoms. The number of fused-ring (bicyclic) bond motifs is 1. The number of aromatic carboxylic acids is 1. The molecule has 2 aromatic carbocycles. The first-order valence-corrected chi connectivity index (χ1v) is 7.05. The minimum Gasteiger partial charge on any atom is -0.478 e. The quantitative estimate of drug-likeness (QED) is 0.380. The molecule has 0 aliphatic rings. The summed E-state index contributed by atoms with van der Waals surface area (Å²) in [6.07, 6.45) is 0. The van der Waals surface area contributed by atoms with Gasteiger partial charge in [-0.05, 0) is 31.4 Å². The van der Waals surface area contributed by atoms with Gasteiger partial charge in [-0.1, -0.05) is 46.9 Å². The second kappa shape index (κ2) is 5.40. The van der Waals surface area contributed by atoms with Crippen molar-refractivity contribution in [2.24, 2.45) is 0 Å². The number of carboxylic acids is 1. The maximum Gasteiger partial charge on any atom is 0.336 e. The summed E-state index contributed by atoms with van der Waals surface area (Å²) in [5, 5.41) is 10.3. The van der Waals surface area contributed by atoms with E-state index in [1.807, 2.05) is 22.6 Å². The van der Waals surface area contributed by atoms with E-state index < -0.39 is 9.39 Å². The number of carboxylic acid groups (broad SMARTS) is 1. The lowest BCUT2D eigenvalue weighted by atomic mass is 10.0. The van der Waals surface area contributed by atoms with Crippen LogP contribution in [0.5, 0.6) is 5.75 Å². The van der Waals surface area contributed by atoms with E-state index in [1.54, 1.807) is 38.1 Å². The molecule has 0 atom stereocenters. The van der Waals surface area contributed by atoms with E-state index >= 15 is 0 Å². The smallest absolute Gasteiger partial charge is 0.336 e. The molecule has 0 aromatic heterocycles. The Balaban J connectivity index is 2.54. The second-order valence-corrected chi connectivity index (χ2v) is 7.52. The number of carbonyl (C=O) groups is 2. The van der Waals surface area contributed by atoms with Crippen molar-refractivity contribution in [2.75, 3.05) is 0 Å². The van der Waals surface area contributed by atoms with Gasteiger partial charge < -0.3 is 9.84 Å². The highest BCUT2D eigenvalue weighted by atomic mass is 127. The van der Waals surface area contributed by atoms with Crippen LogP contribution in [0.15, 0.2) is 36.4 Å². The second-order valence-electron chi connectivity index (χ2n) is 4.82. The van der Waals surface area contributed by atoms with Crippen LogP contribution in [0, 0.1) is 0 Å². The molecule has 0 aliphatic heterocycles. The molecule has 0 bridgehead atoms. The van der Waals surface area contributed by atoms with Gasteiger partial charge >= 0.3 is 11.9 Å². The number of esters is 1. The van der Waals surface area contributed by atoms with Crippen molar-refractivity contribution >= 4 is 45.3 Å². The average Bonchev–Trinajstić information content (AvgIpc) is 2.37. The van der Waals surface area contributed by atoms with Gasteiger partial charge in [0.15, 0.2) is 0 Å². The van der Waals surface area contributed by atoms with Crippen LogP contribution in [-0.4, -0.2) is 20.5 Å². The van der Waals surface area contributed by atoms with E-state index in [1.165, 1.54) is 12.1 Å². The van der Waals surface area contributed by atoms with Crippen LogP contribution in [0.3, 0.4) is 0 Å². The van der Waals surface area contributed by atoms with E-state index in [2.05, 4.69) is 0 Å². The molecule has 2 aromatic rings. The molecule has 0 aliphatic carbocycles. The molecule has 0 amide bonds. The van der Waals surface area contributed by atoms with E-state index in [9.17, 15) is 14.7 Å². The van der Waals surface area contributed by atoms with Gasteiger partial charge in [-0.2, -0.15) is 0 Å². The molecule has 0 radical (unpaired) electrons. The number of hydrogen-bond donors (Lipinski definition) is 1. The fourth-order valence-electron chi connectivity index (χ4n) is 1.77. The third-order valence-electron chi connectivity index (χ3n) is 2.80. The fourth-order valence-corrected chi connectivity index (χ4v) is 1.88. The summed E-state index contributed by atoms with van der Waals surface area (Å²) in [7, 11) is 0. The minimum absolute atomic E-state index is 0.189. The lowest BCUT2D eigenvalue weighted by Gasteiger charge is -2.16. The summed E-state index contributed by atoms with van der Waals surface area (Å²) in [5.74, 6) is -1.00. The largest absolute Gasteiger partial charge is 0.478 e. The first-order valence-electron chi connectivity index (χ1n) is 5.97. The molecule has 0 spiro atoms. The maximum absolute atomic E-state index is 12.0. The van der Waals surface area contributed by atoms with Crippen LogP contribution >= 0.6 is 22.6 Å². The summed E-state index contributed by atoms with van der Waals surface area (Å²) in [6.45, 7) is 3.51. The Kier molecular flexibility index (Phi) is 3.99. The fraction of sp³-hybridized carbons (Fsp3) is 0.200. The van der Waals surface area contributed by atoms with E-state index in [0.717, 1.165) is 0 Å². The van der Waals surface area contributed by atoms with E-state index in [-0.39, 0.29) is 11.5 Å². The number of halogens is 1. The zero-order valence-electron chi connectivity index (χ0n) is 11.0. The molecule has 0 fully saturated rings. The van der Waals surface area contributed by atoms with Crippen LogP contribution in [0.4, 0.5) is 0 Å². The van der Waals surface area contributed by atoms with Crippen molar-refractivity contribution < 1.29 is 19.4 Å². The van der Waals surface area contributed by atoms with Crippen molar-refractivity contribution in [3.05, 3.63) is 42.0 Å². The van der Waals surface area contributed by atoms with E-state index in [4.69, 9.17) is 4.74 Å². The Bertz CT molecular complexity index is 686.